The van der Waals surface area contributed by atoms with E-state index in [4.69, 9.17) is 22.4 Å². The van der Waals surface area contributed by atoms with Gasteiger partial charge in [0.2, 0.25) is 0 Å². The number of aliphatic hydroxyl groups excluding tert-OH is 1. The average Bonchev–Trinajstić information content (AvgIpc) is 2.03. The van der Waals surface area contributed by atoms with Gasteiger partial charge in [0.15, 0.2) is 0 Å². The lowest BCUT2D eigenvalue weighted by molar-refractivity contribution is 0.273. The van der Waals surface area contributed by atoms with E-state index in [1.165, 1.54) is 0 Å². The molecule has 0 aliphatic heterocycles. The molecule has 3 N–H and O–H groups in total. The Balaban J connectivity index is 3.01. The zero-order valence-corrected chi connectivity index (χ0v) is 7.67. The van der Waals surface area contributed by atoms with E-state index in [0.29, 0.717) is 10.7 Å². The second kappa shape index (κ2) is 3.78. The van der Waals surface area contributed by atoms with Gasteiger partial charge in [0.05, 0.1) is 0 Å². The molecule has 1 aromatic rings. The minimum Gasteiger partial charge on any atom is -0.398 e. The fourth-order valence-electron chi connectivity index (χ4n) is 1.09. The molecule has 0 amide bonds. The third-order valence-electron chi connectivity index (χ3n) is 1.85. The second-order valence-corrected chi connectivity index (χ2v) is 3.29. The molecule has 0 spiro atoms. The Kier molecular flexibility index (Phi) is 2.95. The third-order valence-corrected chi connectivity index (χ3v) is 2.09. The molecule has 66 valence electrons. The van der Waals surface area contributed by atoms with Crippen molar-refractivity contribution in [1.82, 2.24) is 0 Å². The summed E-state index contributed by atoms with van der Waals surface area (Å²) in [5, 5.41) is 9.52. The van der Waals surface area contributed by atoms with Crippen LogP contribution in [0.5, 0.6) is 0 Å². The minimum absolute atomic E-state index is 0.0715. The van der Waals surface area contributed by atoms with Crippen molar-refractivity contribution in [3.63, 3.8) is 0 Å². The van der Waals surface area contributed by atoms with Crippen molar-refractivity contribution < 1.29 is 5.11 Å². The van der Waals surface area contributed by atoms with Gasteiger partial charge in [-0.2, -0.15) is 0 Å². The number of anilines is 1. The number of aliphatic hydroxyl groups is 1. The monoisotopic (exact) mass is 185 g/mol. The molecule has 0 fully saturated rings. The Hall–Kier alpha value is -0.730. The summed E-state index contributed by atoms with van der Waals surface area (Å²) in [6.45, 7) is 2.02. The van der Waals surface area contributed by atoms with E-state index < -0.39 is 0 Å². The third kappa shape index (κ3) is 1.90. The fraction of sp³-hybridized carbons (Fsp3) is 0.333. The Labute approximate surface area is 77.0 Å². The van der Waals surface area contributed by atoms with Crippen LogP contribution in [0.2, 0.25) is 5.02 Å². The minimum atomic E-state index is 0.0715. The predicted octanol–water partition coefficient (Wildman–Crippen LogP) is 2.02. The van der Waals surface area contributed by atoms with E-state index in [1.807, 2.05) is 13.0 Å². The van der Waals surface area contributed by atoms with Crippen molar-refractivity contribution in [2.24, 2.45) is 0 Å². The topological polar surface area (TPSA) is 46.2 Å². The maximum Gasteiger partial charge on any atom is 0.0497 e. The Morgan fingerprint density at radius 1 is 1.58 bits per heavy atom. The summed E-state index contributed by atoms with van der Waals surface area (Å²) in [5.74, 6) is 0.0715. The van der Waals surface area contributed by atoms with Crippen LogP contribution in [-0.4, -0.2) is 11.7 Å². The first-order valence-corrected chi connectivity index (χ1v) is 4.18. The lowest BCUT2D eigenvalue weighted by Crippen LogP contribution is -2.02. The first-order chi connectivity index (χ1) is 5.65. The van der Waals surface area contributed by atoms with E-state index in [9.17, 15) is 0 Å². The van der Waals surface area contributed by atoms with Crippen LogP contribution in [0, 0.1) is 0 Å². The largest absolute Gasteiger partial charge is 0.398 e. The maximum absolute atomic E-state index is 8.89. The number of rotatable bonds is 2. The van der Waals surface area contributed by atoms with Gasteiger partial charge < -0.3 is 10.8 Å². The highest BCUT2D eigenvalue weighted by Crippen LogP contribution is 2.24. The zero-order chi connectivity index (χ0) is 9.14. The molecule has 1 rings (SSSR count). The van der Waals surface area contributed by atoms with Gasteiger partial charge in [0, 0.05) is 23.2 Å². The molecule has 0 bridgehead atoms. The molecular weight excluding hydrogens is 174 g/mol. The molecule has 2 nitrogen and oxygen atoms in total. The van der Waals surface area contributed by atoms with E-state index in [1.54, 1.807) is 12.1 Å². The van der Waals surface area contributed by atoms with Crippen molar-refractivity contribution in [3.8, 4) is 0 Å². The summed E-state index contributed by atoms with van der Waals surface area (Å²) < 4.78 is 0. The SMILES string of the molecule is C[C@H](CO)c1ccc(Cl)cc1N. The van der Waals surface area contributed by atoms with Crippen molar-refractivity contribution in [2.45, 2.75) is 12.8 Å². The molecule has 3 heteroatoms. The van der Waals surface area contributed by atoms with Crippen LogP contribution in [0.1, 0.15) is 18.4 Å². The summed E-state index contributed by atoms with van der Waals surface area (Å²) in [5.41, 5.74) is 7.29. The number of benzene rings is 1. The van der Waals surface area contributed by atoms with Crippen LogP contribution in [0.4, 0.5) is 5.69 Å². The zero-order valence-electron chi connectivity index (χ0n) is 6.92. The molecular formula is C9H12ClNO. The van der Waals surface area contributed by atoms with Gasteiger partial charge in [-0.25, -0.2) is 0 Å². The Morgan fingerprint density at radius 3 is 2.75 bits per heavy atom. The van der Waals surface area contributed by atoms with Crippen molar-refractivity contribution in [2.75, 3.05) is 12.3 Å². The van der Waals surface area contributed by atoms with Crippen LogP contribution in [0.15, 0.2) is 18.2 Å². The molecule has 0 aliphatic carbocycles. The van der Waals surface area contributed by atoms with E-state index in [0.717, 1.165) is 5.56 Å². The Bertz CT molecular complexity index is 275. The molecule has 0 unspecified atom stereocenters. The molecule has 0 aromatic heterocycles. The first-order valence-electron chi connectivity index (χ1n) is 3.81. The van der Waals surface area contributed by atoms with E-state index >= 15 is 0 Å². The van der Waals surface area contributed by atoms with E-state index in [-0.39, 0.29) is 12.5 Å². The van der Waals surface area contributed by atoms with Crippen molar-refractivity contribution in [1.29, 1.82) is 0 Å². The number of halogens is 1. The quantitative estimate of drug-likeness (QED) is 0.693. The molecule has 0 saturated carbocycles. The number of nitrogen functional groups attached to an aromatic ring is 1. The highest BCUT2D eigenvalue weighted by molar-refractivity contribution is 6.30. The molecule has 0 aliphatic rings. The van der Waals surface area contributed by atoms with E-state index in [2.05, 4.69) is 0 Å². The van der Waals surface area contributed by atoms with Crippen LogP contribution < -0.4 is 5.73 Å². The van der Waals surface area contributed by atoms with Gasteiger partial charge in [0.1, 0.15) is 0 Å². The smallest absolute Gasteiger partial charge is 0.0497 e. The second-order valence-electron chi connectivity index (χ2n) is 2.86. The van der Waals surface area contributed by atoms with Gasteiger partial charge >= 0.3 is 0 Å². The Morgan fingerprint density at radius 2 is 2.25 bits per heavy atom. The molecule has 1 atom stereocenters. The number of hydrogen-bond donors (Lipinski definition) is 2. The molecule has 1 aromatic carbocycles. The van der Waals surface area contributed by atoms with Gasteiger partial charge in [-0.15, -0.1) is 0 Å². The summed E-state index contributed by atoms with van der Waals surface area (Å²) in [6.07, 6.45) is 0. The molecule has 12 heavy (non-hydrogen) atoms. The van der Waals surface area contributed by atoms with Crippen molar-refractivity contribution >= 4 is 17.3 Å². The van der Waals surface area contributed by atoms with Gasteiger partial charge in [0.25, 0.3) is 0 Å². The van der Waals surface area contributed by atoms with Gasteiger partial charge in [-0.1, -0.05) is 24.6 Å². The normalized spacial score (nSPS) is 12.9. The lowest BCUT2D eigenvalue weighted by atomic mass is 10.0. The summed E-state index contributed by atoms with van der Waals surface area (Å²) in [6, 6.07) is 5.32. The van der Waals surface area contributed by atoms with Crippen LogP contribution in [0.3, 0.4) is 0 Å². The highest BCUT2D eigenvalue weighted by atomic mass is 35.5. The maximum atomic E-state index is 8.89. The number of nitrogens with two attached hydrogens (primary N) is 1. The molecule has 0 heterocycles. The fourth-order valence-corrected chi connectivity index (χ4v) is 1.27. The molecule has 0 radical (unpaired) electrons. The molecule has 0 saturated heterocycles. The predicted molar refractivity (Wildman–Crippen MR) is 51.4 cm³/mol. The van der Waals surface area contributed by atoms with Gasteiger partial charge in [-0.05, 0) is 17.7 Å². The first kappa shape index (κ1) is 9.36. The van der Waals surface area contributed by atoms with Crippen LogP contribution in [-0.2, 0) is 0 Å². The lowest BCUT2D eigenvalue weighted by Gasteiger charge is -2.11. The van der Waals surface area contributed by atoms with Crippen LogP contribution >= 0.6 is 11.6 Å². The highest BCUT2D eigenvalue weighted by Gasteiger charge is 2.07. The standard InChI is InChI=1S/C9H12ClNO/c1-6(5-12)8-3-2-7(10)4-9(8)11/h2-4,6,12H,5,11H2,1H3/t6-/m1/s1. The number of hydrogen-bond acceptors (Lipinski definition) is 2. The average molecular weight is 186 g/mol. The van der Waals surface area contributed by atoms with Crippen molar-refractivity contribution in [3.05, 3.63) is 28.8 Å². The van der Waals surface area contributed by atoms with Gasteiger partial charge in [-0.3, -0.25) is 0 Å². The summed E-state index contributed by atoms with van der Waals surface area (Å²) in [7, 11) is 0. The summed E-state index contributed by atoms with van der Waals surface area (Å²) >= 11 is 5.72. The van der Waals surface area contributed by atoms with Crippen LogP contribution in [0.25, 0.3) is 0 Å². The summed E-state index contributed by atoms with van der Waals surface area (Å²) in [4.78, 5) is 0.